The maximum Gasteiger partial charge on any atom is 0.222 e. The molecule has 1 aliphatic heterocycles. The third-order valence-corrected chi connectivity index (χ3v) is 3.80. The number of carbonyl (C=O) groups is 1. The van der Waals surface area contributed by atoms with Gasteiger partial charge in [0.25, 0.3) is 0 Å². The summed E-state index contributed by atoms with van der Waals surface area (Å²) in [6.07, 6.45) is 1.16. The molecule has 4 nitrogen and oxygen atoms in total. The van der Waals surface area contributed by atoms with Crippen LogP contribution in [0.4, 0.5) is 4.39 Å². The molecule has 1 amide bonds. The molecule has 1 saturated heterocycles. The number of rotatable bonds is 4. The van der Waals surface area contributed by atoms with Crippen LogP contribution in [-0.2, 0) is 4.79 Å². The molecule has 2 N–H and O–H groups in total. The molecule has 0 aliphatic carbocycles. The van der Waals surface area contributed by atoms with Crippen LogP contribution in [0, 0.1) is 5.82 Å². The molecular weight excluding hydrogens is 259 g/mol. The van der Waals surface area contributed by atoms with E-state index in [4.69, 9.17) is 0 Å². The Hall–Kier alpha value is -1.62. The van der Waals surface area contributed by atoms with Crippen LogP contribution < -0.4 is 5.32 Å². The zero-order valence-electron chi connectivity index (χ0n) is 11.7. The molecule has 1 aromatic rings. The Bertz CT molecular complexity index is 473. The van der Waals surface area contributed by atoms with Crippen molar-refractivity contribution in [2.24, 2.45) is 0 Å². The molecule has 1 heterocycles. The summed E-state index contributed by atoms with van der Waals surface area (Å²) in [5.41, 5.74) is 0.813. The van der Waals surface area contributed by atoms with Gasteiger partial charge >= 0.3 is 0 Å². The van der Waals surface area contributed by atoms with Crippen LogP contribution in [0.5, 0.6) is 5.75 Å². The quantitative estimate of drug-likeness (QED) is 0.885. The van der Waals surface area contributed by atoms with E-state index >= 15 is 0 Å². The van der Waals surface area contributed by atoms with Crippen LogP contribution in [0.3, 0.4) is 0 Å². The maximum atomic E-state index is 13.3. The standard InChI is InChI=1S/C15H21FN2O2/c1-11(12-3-4-14(19)13(16)10-12)2-5-15(20)18-8-6-17-7-9-18/h3-4,10-11,17,19H,2,5-9H2,1H3. The third kappa shape index (κ3) is 3.70. The Balaban J connectivity index is 1.86. The van der Waals surface area contributed by atoms with Crippen LogP contribution in [0.1, 0.15) is 31.2 Å². The SMILES string of the molecule is CC(CCC(=O)N1CCNCC1)c1ccc(O)c(F)c1. The van der Waals surface area contributed by atoms with Crippen LogP contribution in [-0.4, -0.2) is 42.1 Å². The van der Waals surface area contributed by atoms with Gasteiger partial charge in [0.15, 0.2) is 11.6 Å². The van der Waals surface area contributed by atoms with Crippen LogP contribution in [0.15, 0.2) is 18.2 Å². The van der Waals surface area contributed by atoms with Gasteiger partial charge in [-0.1, -0.05) is 13.0 Å². The summed E-state index contributed by atoms with van der Waals surface area (Å²) >= 11 is 0. The van der Waals surface area contributed by atoms with Crippen molar-refractivity contribution >= 4 is 5.91 Å². The van der Waals surface area contributed by atoms with E-state index in [0.717, 1.165) is 31.7 Å². The summed E-state index contributed by atoms with van der Waals surface area (Å²) in [7, 11) is 0. The maximum absolute atomic E-state index is 13.3. The second-order valence-corrected chi connectivity index (χ2v) is 5.28. The number of nitrogens with one attached hydrogen (secondary N) is 1. The van der Waals surface area contributed by atoms with E-state index in [9.17, 15) is 14.3 Å². The normalized spacial score (nSPS) is 17.0. The van der Waals surface area contributed by atoms with E-state index < -0.39 is 5.82 Å². The lowest BCUT2D eigenvalue weighted by Crippen LogP contribution is -2.46. The molecule has 0 spiro atoms. The molecule has 1 atom stereocenters. The Kier molecular flexibility index (Phi) is 4.95. The van der Waals surface area contributed by atoms with Gasteiger partial charge in [-0.3, -0.25) is 4.79 Å². The Labute approximate surface area is 118 Å². The first kappa shape index (κ1) is 14.8. The van der Waals surface area contributed by atoms with Gasteiger partial charge in [0.1, 0.15) is 0 Å². The molecule has 0 radical (unpaired) electrons. The zero-order valence-corrected chi connectivity index (χ0v) is 11.7. The minimum atomic E-state index is -0.609. The molecule has 110 valence electrons. The Morgan fingerprint density at radius 2 is 2.15 bits per heavy atom. The predicted molar refractivity (Wildman–Crippen MR) is 75.2 cm³/mol. The lowest BCUT2D eigenvalue weighted by Gasteiger charge is -2.27. The smallest absolute Gasteiger partial charge is 0.222 e. The van der Waals surface area contributed by atoms with Crippen molar-refractivity contribution in [3.8, 4) is 5.75 Å². The second-order valence-electron chi connectivity index (χ2n) is 5.28. The molecule has 0 aromatic heterocycles. The van der Waals surface area contributed by atoms with Crippen molar-refractivity contribution < 1.29 is 14.3 Å². The van der Waals surface area contributed by atoms with Gasteiger partial charge in [0, 0.05) is 32.6 Å². The first-order valence-electron chi connectivity index (χ1n) is 7.05. The molecule has 0 bridgehead atoms. The lowest BCUT2D eigenvalue weighted by molar-refractivity contribution is -0.131. The van der Waals surface area contributed by atoms with E-state index in [-0.39, 0.29) is 17.6 Å². The lowest BCUT2D eigenvalue weighted by atomic mass is 9.95. The highest BCUT2D eigenvalue weighted by Gasteiger charge is 2.17. The number of phenolic OH excluding ortho intramolecular Hbond substituents is 1. The van der Waals surface area contributed by atoms with E-state index in [2.05, 4.69) is 5.32 Å². The molecule has 1 unspecified atom stereocenters. The van der Waals surface area contributed by atoms with E-state index in [1.807, 2.05) is 11.8 Å². The molecule has 1 aliphatic rings. The number of hydrogen-bond donors (Lipinski definition) is 2. The highest BCUT2D eigenvalue weighted by Crippen LogP contribution is 2.25. The van der Waals surface area contributed by atoms with Crippen molar-refractivity contribution in [2.45, 2.75) is 25.7 Å². The molecule has 2 rings (SSSR count). The largest absolute Gasteiger partial charge is 0.505 e. The molecule has 1 aromatic carbocycles. The van der Waals surface area contributed by atoms with Gasteiger partial charge in [-0.2, -0.15) is 0 Å². The summed E-state index contributed by atoms with van der Waals surface area (Å²) in [6, 6.07) is 4.41. The number of amides is 1. The summed E-state index contributed by atoms with van der Waals surface area (Å²) in [5.74, 6) is -0.685. The average Bonchev–Trinajstić information content (AvgIpc) is 2.48. The highest BCUT2D eigenvalue weighted by molar-refractivity contribution is 5.76. The Morgan fingerprint density at radius 3 is 2.80 bits per heavy atom. The van der Waals surface area contributed by atoms with E-state index in [0.29, 0.717) is 12.8 Å². The van der Waals surface area contributed by atoms with Crippen molar-refractivity contribution in [3.05, 3.63) is 29.6 Å². The van der Waals surface area contributed by atoms with Gasteiger partial charge in [-0.05, 0) is 30.0 Å². The van der Waals surface area contributed by atoms with Gasteiger partial charge in [-0.25, -0.2) is 4.39 Å². The minimum absolute atomic E-state index is 0.0944. The van der Waals surface area contributed by atoms with Crippen molar-refractivity contribution in [3.63, 3.8) is 0 Å². The first-order valence-corrected chi connectivity index (χ1v) is 7.05. The number of phenols is 1. The van der Waals surface area contributed by atoms with Gasteiger partial charge < -0.3 is 15.3 Å². The van der Waals surface area contributed by atoms with Crippen molar-refractivity contribution in [2.75, 3.05) is 26.2 Å². The summed E-state index contributed by atoms with van der Waals surface area (Å²) in [5, 5.41) is 12.4. The number of carbonyl (C=O) groups excluding carboxylic acids is 1. The fourth-order valence-electron chi connectivity index (χ4n) is 2.41. The molecule has 0 saturated carbocycles. The third-order valence-electron chi connectivity index (χ3n) is 3.80. The first-order chi connectivity index (χ1) is 9.58. The monoisotopic (exact) mass is 280 g/mol. The fraction of sp³-hybridized carbons (Fsp3) is 0.533. The van der Waals surface area contributed by atoms with Crippen molar-refractivity contribution in [1.82, 2.24) is 10.2 Å². The average molecular weight is 280 g/mol. The minimum Gasteiger partial charge on any atom is -0.505 e. The number of benzene rings is 1. The summed E-state index contributed by atoms with van der Waals surface area (Å²) in [4.78, 5) is 13.9. The van der Waals surface area contributed by atoms with Crippen LogP contribution in [0.25, 0.3) is 0 Å². The van der Waals surface area contributed by atoms with Crippen LogP contribution in [0.2, 0.25) is 0 Å². The second kappa shape index (κ2) is 6.70. The fourth-order valence-corrected chi connectivity index (χ4v) is 2.41. The predicted octanol–water partition coefficient (Wildman–Crippen LogP) is 1.85. The summed E-state index contributed by atoms with van der Waals surface area (Å²) < 4.78 is 13.3. The molecule has 1 fully saturated rings. The van der Waals surface area contributed by atoms with Crippen LogP contribution >= 0.6 is 0 Å². The van der Waals surface area contributed by atoms with Crippen molar-refractivity contribution in [1.29, 1.82) is 0 Å². The van der Waals surface area contributed by atoms with Gasteiger partial charge in [-0.15, -0.1) is 0 Å². The number of nitrogens with zero attached hydrogens (tertiary/aromatic N) is 1. The number of aromatic hydroxyl groups is 1. The number of piperazine rings is 1. The summed E-state index contributed by atoms with van der Waals surface area (Å²) in [6.45, 7) is 5.20. The number of halogens is 1. The van der Waals surface area contributed by atoms with Gasteiger partial charge in [0.2, 0.25) is 5.91 Å². The van der Waals surface area contributed by atoms with Gasteiger partial charge in [0.05, 0.1) is 0 Å². The molecule has 5 heteroatoms. The van der Waals surface area contributed by atoms with E-state index in [1.54, 1.807) is 6.07 Å². The zero-order chi connectivity index (χ0) is 14.5. The Morgan fingerprint density at radius 1 is 1.45 bits per heavy atom. The topological polar surface area (TPSA) is 52.6 Å². The molecule has 20 heavy (non-hydrogen) atoms. The highest BCUT2D eigenvalue weighted by atomic mass is 19.1. The molecular formula is C15H21FN2O2. The number of hydrogen-bond acceptors (Lipinski definition) is 3. The van der Waals surface area contributed by atoms with E-state index in [1.165, 1.54) is 12.1 Å².